The van der Waals surface area contributed by atoms with Gasteiger partial charge < -0.3 is 9.30 Å². The van der Waals surface area contributed by atoms with Crippen LogP contribution in [0.4, 0.5) is 0 Å². The zero-order chi connectivity index (χ0) is 15.0. The zero-order valence-electron chi connectivity index (χ0n) is 12.3. The van der Waals surface area contributed by atoms with Crippen LogP contribution in [-0.2, 0) is 0 Å². The molecule has 3 aromatic rings. The summed E-state index contributed by atoms with van der Waals surface area (Å²) in [6, 6.07) is 12.4. The predicted octanol–water partition coefficient (Wildman–Crippen LogP) is 4.95. The van der Waals surface area contributed by atoms with Crippen LogP contribution in [-0.4, -0.2) is 16.7 Å². The minimum Gasteiger partial charge on any atom is -0.481 e. The lowest BCUT2D eigenvalue weighted by molar-refractivity contribution is 0.398. The number of rotatable bonds is 3. The molecule has 2 heterocycles. The molecule has 0 fully saturated rings. The highest BCUT2D eigenvalue weighted by atomic mass is 35.5. The van der Waals surface area contributed by atoms with Crippen molar-refractivity contribution in [1.82, 2.24) is 9.55 Å². The first-order chi connectivity index (χ1) is 10.1. The van der Waals surface area contributed by atoms with Gasteiger partial charge in [0.1, 0.15) is 0 Å². The smallest absolute Gasteiger partial charge is 0.212 e. The van der Waals surface area contributed by atoms with Crippen molar-refractivity contribution in [1.29, 1.82) is 0 Å². The number of aromatic nitrogens is 2. The van der Waals surface area contributed by atoms with E-state index in [1.807, 2.05) is 30.5 Å². The summed E-state index contributed by atoms with van der Waals surface area (Å²) in [6.07, 6.45) is 1.84. The van der Waals surface area contributed by atoms with E-state index in [1.165, 1.54) is 5.52 Å². The lowest BCUT2D eigenvalue weighted by Gasteiger charge is -2.15. The molecule has 0 aliphatic rings. The Morgan fingerprint density at radius 1 is 1.14 bits per heavy atom. The standard InChI is InChI=1S/C17H17ClN2O/c1-11(2)20-15-6-5-14(18)8-13(15)9-16(20)12-4-7-17(21-3)19-10-12/h4-11H,1-3H3. The molecule has 21 heavy (non-hydrogen) atoms. The summed E-state index contributed by atoms with van der Waals surface area (Å²) in [5.74, 6) is 0.619. The molecule has 2 aromatic heterocycles. The Labute approximate surface area is 129 Å². The van der Waals surface area contributed by atoms with Gasteiger partial charge in [-0.1, -0.05) is 11.6 Å². The van der Waals surface area contributed by atoms with Gasteiger partial charge >= 0.3 is 0 Å². The van der Waals surface area contributed by atoms with E-state index in [4.69, 9.17) is 16.3 Å². The van der Waals surface area contributed by atoms with Crippen LogP contribution in [0.5, 0.6) is 5.88 Å². The predicted molar refractivity (Wildman–Crippen MR) is 87.1 cm³/mol. The van der Waals surface area contributed by atoms with Gasteiger partial charge in [0, 0.05) is 39.8 Å². The number of pyridine rings is 1. The van der Waals surface area contributed by atoms with E-state index < -0.39 is 0 Å². The molecule has 0 aliphatic carbocycles. The second kappa shape index (κ2) is 5.41. The van der Waals surface area contributed by atoms with Crippen molar-refractivity contribution >= 4 is 22.5 Å². The lowest BCUT2D eigenvalue weighted by Crippen LogP contribution is -2.02. The fourth-order valence-corrected chi connectivity index (χ4v) is 2.82. The van der Waals surface area contributed by atoms with Gasteiger partial charge in [0.05, 0.1) is 12.8 Å². The Bertz CT molecular complexity index is 775. The quantitative estimate of drug-likeness (QED) is 0.684. The van der Waals surface area contributed by atoms with Crippen LogP contribution in [0, 0.1) is 0 Å². The fourth-order valence-electron chi connectivity index (χ4n) is 2.64. The number of nitrogens with zero attached hydrogens (tertiary/aromatic N) is 2. The Hall–Kier alpha value is -2.00. The van der Waals surface area contributed by atoms with Crippen molar-refractivity contribution in [2.75, 3.05) is 7.11 Å². The third-order valence-corrected chi connectivity index (χ3v) is 3.79. The molecule has 3 nitrogen and oxygen atoms in total. The molecule has 0 aliphatic heterocycles. The second-order valence-corrected chi connectivity index (χ2v) is 5.72. The molecule has 0 spiro atoms. The highest BCUT2D eigenvalue weighted by molar-refractivity contribution is 6.31. The number of halogens is 1. The molecule has 0 bridgehead atoms. The van der Waals surface area contributed by atoms with Crippen LogP contribution in [0.25, 0.3) is 22.2 Å². The molecule has 108 valence electrons. The third-order valence-electron chi connectivity index (χ3n) is 3.56. The van der Waals surface area contributed by atoms with E-state index in [0.29, 0.717) is 11.9 Å². The molecule has 0 saturated carbocycles. The van der Waals surface area contributed by atoms with Crippen LogP contribution >= 0.6 is 11.6 Å². The average molecular weight is 301 g/mol. The highest BCUT2D eigenvalue weighted by Gasteiger charge is 2.13. The van der Waals surface area contributed by atoms with Gasteiger partial charge in [0.25, 0.3) is 0 Å². The molecule has 0 saturated heterocycles. The van der Waals surface area contributed by atoms with Gasteiger partial charge in [-0.3, -0.25) is 0 Å². The molecule has 0 radical (unpaired) electrons. The van der Waals surface area contributed by atoms with Crippen molar-refractivity contribution in [2.24, 2.45) is 0 Å². The van der Waals surface area contributed by atoms with Gasteiger partial charge in [-0.2, -0.15) is 0 Å². The molecular weight excluding hydrogens is 284 g/mol. The molecular formula is C17H17ClN2O. The van der Waals surface area contributed by atoms with E-state index in [2.05, 4.69) is 35.5 Å². The molecule has 0 N–H and O–H groups in total. The summed E-state index contributed by atoms with van der Waals surface area (Å²) in [6.45, 7) is 4.35. The van der Waals surface area contributed by atoms with Crippen molar-refractivity contribution in [3.8, 4) is 17.1 Å². The summed E-state index contributed by atoms with van der Waals surface area (Å²) in [5.41, 5.74) is 3.38. The van der Waals surface area contributed by atoms with E-state index in [-0.39, 0.29) is 0 Å². The molecule has 0 unspecified atom stereocenters. The van der Waals surface area contributed by atoms with E-state index in [1.54, 1.807) is 7.11 Å². The van der Waals surface area contributed by atoms with Crippen LogP contribution in [0.3, 0.4) is 0 Å². The largest absolute Gasteiger partial charge is 0.481 e. The monoisotopic (exact) mass is 300 g/mol. The lowest BCUT2D eigenvalue weighted by atomic mass is 10.2. The number of methoxy groups -OCH3 is 1. The Morgan fingerprint density at radius 3 is 2.57 bits per heavy atom. The summed E-state index contributed by atoms with van der Waals surface area (Å²) in [4.78, 5) is 4.30. The van der Waals surface area contributed by atoms with Gasteiger partial charge in [0.2, 0.25) is 5.88 Å². The maximum atomic E-state index is 6.11. The van der Waals surface area contributed by atoms with E-state index in [9.17, 15) is 0 Å². The maximum Gasteiger partial charge on any atom is 0.212 e. The third kappa shape index (κ3) is 2.49. The second-order valence-electron chi connectivity index (χ2n) is 5.29. The number of hydrogen-bond donors (Lipinski definition) is 0. The minimum atomic E-state index is 0.348. The van der Waals surface area contributed by atoms with Crippen molar-refractivity contribution < 1.29 is 4.74 Å². The first kappa shape index (κ1) is 14.0. The zero-order valence-corrected chi connectivity index (χ0v) is 13.1. The fraction of sp³-hybridized carbons (Fsp3) is 0.235. The molecule has 0 atom stereocenters. The van der Waals surface area contributed by atoms with Crippen LogP contribution < -0.4 is 4.74 Å². The topological polar surface area (TPSA) is 27.1 Å². The van der Waals surface area contributed by atoms with Crippen molar-refractivity contribution in [3.05, 3.63) is 47.6 Å². The van der Waals surface area contributed by atoms with Gasteiger partial charge in [-0.25, -0.2) is 4.98 Å². The summed E-state index contributed by atoms with van der Waals surface area (Å²) >= 11 is 6.11. The van der Waals surface area contributed by atoms with Crippen LogP contribution in [0.15, 0.2) is 42.6 Å². The molecule has 1 aromatic carbocycles. The number of fused-ring (bicyclic) bond motifs is 1. The number of benzene rings is 1. The Morgan fingerprint density at radius 2 is 1.95 bits per heavy atom. The molecule has 0 amide bonds. The van der Waals surface area contributed by atoms with E-state index >= 15 is 0 Å². The van der Waals surface area contributed by atoms with Crippen LogP contribution in [0.1, 0.15) is 19.9 Å². The molecule has 3 rings (SSSR count). The first-order valence-corrected chi connectivity index (χ1v) is 7.29. The first-order valence-electron chi connectivity index (χ1n) is 6.91. The Kier molecular flexibility index (Phi) is 3.60. The van der Waals surface area contributed by atoms with Gasteiger partial charge in [0.15, 0.2) is 0 Å². The summed E-state index contributed by atoms with van der Waals surface area (Å²) < 4.78 is 7.42. The van der Waals surface area contributed by atoms with Crippen molar-refractivity contribution in [3.63, 3.8) is 0 Å². The van der Waals surface area contributed by atoms with Crippen LogP contribution in [0.2, 0.25) is 5.02 Å². The Balaban J connectivity index is 2.22. The minimum absolute atomic E-state index is 0.348. The number of ether oxygens (including phenoxy) is 1. The van der Waals surface area contributed by atoms with Gasteiger partial charge in [-0.15, -0.1) is 0 Å². The number of hydrogen-bond acceptors (Lipinski definition) is 2. The molecule has 4 heteroatoms. The highest BCUT2D eigenvalue weighted by Crippen LogP contribution is 2.32. The normalized spacial score (nSPS) is 11.3. The SMILES string of the molecule is COc1ccc(-c2cc3cc(Cl)ccc3n2C(C)C)cn1. The van der Waals surface area contributed by atoms with Crippen molar-refractivity contribution in [2.45, 2.75) is 19.9 Å². The van der Waals surface area contributed by atoms with E-state index in [0.717, 1.165) is 21.7 Å². The summed E-state index contributed by atoms with van der Waals surface area (Å²) in [5, 5.41) is 1.89. The maximum absolute atomic E-state index is 6.11. The average Bonchev–Trinajstić information content (AvgIpc) is 2.85. The summed E-state index contributed by atoms with van der Waals surface area (Å²) in [7, 11) is 1.62. The van der Waals surface area contributed by atoms with Gasteiger partial charge in [-0.05, 0) is 44.2 Å².